The van der Waals surface area contributed by atoms with Crippen LogP contribution >= 0.6 is 0 Å². The number of anilines is 1. The number of amides is 2. The molecule has 1 rings (SSSR count). The lowest BCUT2D eigenvalue weighted by atomic mass is 10.2. The number of nitrogens with zero attached hydrogens (tertiary/aromatic N) is 1. The number of nitrogens with one attached hydrogen (secondary N) is 1. The van der Waals surface area contributed by atoms with Gasteiger partial charge in [0.25, 0.3) is 0 Å². The molecule has 0 saturated heterocycles. The lowest BCUT2D eigenvalue weighted by Crippen LogP contribution is -2.36. The number of hydrogen-bond acceptors (Lipinski definition) is 3. The van der Waals surface area contributed by atoms with Crippen molar-refractivity contribution in [2.24, 2.45) is 0 Å². The van der Waals surface area contributed by atoms with Gasteiger partial charge < -0.3 is 20.1 Å². The molecule has 0 fully saturated rings. The Morgan fingerprint density at radius 2 is 1.90 bits per heavy atom. The van der Waals surface area contributed by atoms with Crippen LogP contribution in [0, 0.1) is 0 Å². The van der Waals surface area contributed by atoms with Crippen molar-refractivity contribution in [3.63, 3.8) is 0 Å². The van der Waals surface area contributed by atoms with Crippen molar-refractivity contribution in [3.05, 3.63) is 24.3 Å². The summed E-state index contributed by atoms with van der Waals surface area (Å²) < 4.78 is 5.71. The Kier molecular flexibility index (Phi) is 5.82. The van der Waals surface area contributed by atoms with E-state index in [0.29, 0.717) is 18.8 Å². The molecule has 0 aliphatic carbocycles. The van der Waals surface area contributed by atoms with Gasteiger partial charge in [0, 0.05) is 18.8 Å². The molecule has 0 radical (unpaired) electrons. The van der Waals surface area contributed by atoms with Crippen molar-refractivity contribution in [3.8, 4) is 5.75 Å². The fraction of sp³-hybridized carbons (Fsp3) is 0.533. The summed E-state index contributed by atoms with van der Waals surface area (Å²) in [5.41, 5.74) is 0.456. The van der Waals surface area contributed by atoms with E-state index in [-0.39, 0.29) is 18.2 Å². The molecule has 1 aromatic rings. The van der Waals surface area contributed by atoms with Crippen LogP contribution in [0.2, 0.25) is 0 Å². The molecule has 5 heteroatoms. The van der Waals surface area contributed by atoms with Crippen LogP contribution in [0.15, 0.2) is 24.3 Å². The highest BCUT2D eigenvalue weighted by Crippen LogP contribution is 2.20. The van der Waals surface area contributed by atoms with E-state index in [1.807, 2.05) is 39.8 Å². The summed E-state index contributed by atoms with van der Waals surface area (Å²) in [4.78, 5) is 13.5. The highest BCUT2D eigenvalue weighted by atomic mass is 16.5. The molecule has 0 spiro atoms. The standard InChI is InChI=1S/C15H24N2O3/c1-5-17(10-11-18)14(19)16-12-6-8-13(9-7-12)20-15(2,3)4/h6-9,18H,5,10-11H2,1-4H3,(H,16,19). The Morgan fingerprint density at radius 1 is 1.30 bits per heavy atom. The van der Waals surface area contributed by atoms with Gasteiger partial charge in [-0.05, 0) is 52.0 Å². The topological polar surface area (TPSA) is 61.8 Å². The second-order valence-electron chi connectivity index (χ2n) is 5.47. The Balaban J connectivity index is 2.63. The summed E-state index contributed by atoms with van der Waals surface area (Å²) in [6.07, 6.45) is 0. The fourth-order valence-electron chi connectivity index (χ4n) is 1.69. The molecule has 2 amide bonds. The number of carbonyl (C=O) groups is 1. The molecule has 1 aromatic carbocycles. The maximum Gasteiger partial charge on any atom is 0.321 e. The van der Waals surface area contributed by atoms with Crippen molar-refractivity contribution < 1.29 is 14.6 Å². The van der Waals surface area contributed by atoms with Crippen molar-refractivity contribution in [2.45, 2.75) is 33.3 Å². The predicted octanol–water partition coefficient (Wildman–Crippen LogP) is 2.71. The molecular weight excluding hydrogens is 256 g/mol. The molecule has 20 heavy (non-hydrogen) atoms. The number of aliphatic hydroxyl groups excluding tert-OH is 1. The molecule has 0 unspecified atom stereocenters. The van der Waals surface area contributed by atoms with Gasteiger partial charge in [0.2, 0.25) is 0 Å². The van der Waals surface area contributed by atoms with E-state index in [9.17, 15) is 4.79 Å². The number of benzene rings is 1. The third-order valence-electron chi connectivity index (χ3n) is 2.57. The van der Waals surface area contributed by atoms with Crippen LogP contribution in [0.25, 0.3) is 0 Å². The first-order chi connectivity index (χ1) is 9.35. The van der Waals surface area contributed by atoms with Crippen molar-refractivity contribution in [1.82, 2.24) is 4.90 Å². The first-order valence-electron chi connectivity index (χ1n) is 6.81. The van der Waals surface area contributed by atoms with E-state index in [4.69, 9.17) is 9.84 Å². The average molecular weight is 280 g/mol. The number of likely N-dealkylation sites (N-methyl/N-ethyl adjacent to an activating group) is 1. The van der Waals surface area contributed by atoms with E-state index in [0.717, 1.165) is 5.75 Å². The number of aliphatic hydroxyl groups is 1. The zero-order valence-electron chi connectivity index (χ0n) is 12.6. The van der Waals surface area contributed by atoms with E-state index < -0.39 is 0 Å². The van der Waals surface area contributed by atoms with Crippen LogP contribution in [-0.4, -0.2) is 41.3 Å². The van der Waals surface area contributed by atoms with E-state index in [2.05, 4.69) is 5.32 Å². The second kappa shape index (κ2) is 7.14. The van der Waals surface area contributed by atoms with Gasteiger partial charge in [0.1, 0.15) is 11.4 Å². The molecule has 0 aliphatic rings. The third kappa shape index (κ3) is 5.48. The maximum atomic E-state index is 11.9. The highest BCUT2D eigenvalue weighted by Gasteiger charge is 2.13. The minimum Gasteiger partial charge on any atom is -0.488 e. The summed E-state index contributed by atoms with van der Waals surface area (Å²) in [7, 11) is 0. The lowest BCUT2D eigenvalue weighted by Gasteiger charge is -2.22. The van der Waals surface area contributed by atoms with Crippen molar-refractivity contribution in [2.75, 3.05) is 25.0 Å². The number of hydrogen-bond donors (Lipinski definition) is 2. The minimum atomic E-state index is -0.245. The van der Waals surface area contributed by atoms with Crippen LogP contribution in [0.1, 0.15) is 27.7 Å². The fourth-order valence-corrected chi connectivity index (χ4v) is 1.69. The molecule has 0 bridgehead atoms. The molecule has 0 aliphatic heterocycles. The van der Waals surface area contributed by atoms with Crippen molar-refractivity contribution in [1.29, 1.82) is 0 Å². The third-order valence-corrected chi connectivity index (χ3v) is 2.57. The highest BCUT2D eigenvalue weighted by molar-refractivity contribution is 5.89. The number of ether oxygens (including phenoxy) is 1. The zero-order valence-corrected chi connectivity index (χ0v) is 12.6. The summed E-state index contributed by atoms with van der Waals surface area (Å²) in [5.74, 6) is 0.762. The lowest BCUT2D eigenvalue weighted by molar-refractivity contribution is 0.131. The first-order valence-corrected chi connectivity index (χ1v) is 6.81. The first kappa shape index (κ1) is 16.3. The van der Waals surface area contributed by atoms with Gasteiger partial charge in [-0.15, -0.1) is 0 Å². The van der Waals surface area contributed by atoms with Gasteiger partial charge in [-0.2, -0.15) is 0 Å². The van der Waals surface area contributed by atoms with Crippen LogP contribution in [0.5, 0.6) is 5.75 Å². The Morgan fingerprint density at radius 3 is 2.35 bits per heavy atom. The molecule has 0 heterocycles. The zero-order chi connectivity index (χ0) is 15.2. The van der Waals surface area contributed by atoms with Gasteiger partial charge >= 0.3 is 6.03 Å². The summed E-state index contributed by atoms with van der Waals surface area (Å²) in [5, 5.41) is 11.7. The number of carbonyl (C=O) groups excluding carboxylic acids is 1. The van der Waals surface area contributed by atoms with Gasteiger partial charge in [-0.25, -0.2) is 4.79 Å². The Hall–Kier alpha value is -1.75. The van der Waals surface area contributed by atoms with Crippen LogP contribution in [-0.2, 0) is 0 Å². The van der Waals surface area contributed by atoms with Gasteiger partial charge in [0.05, 0.1) is 6.61 Å². The minimum absolute atomic E-state index is 0.0420. The predicted molar refractivity (Wildman–Crippen MR) is 80.2 cm³/mol. The summed E-state index contributed by atoms with van der Waals surface area (Å²) in [6, 6.07) is 7.02. The monoisotopic (exact) mass is 280 g/mol. The molecule has 0 aromatic heterocycles. The molecule has 5 nitrogen and oxygen atoms in total. The van der Waals surface area contributed by atoms with E-state index in [1.165, 1.54) is 0 Å². The number of urea groups is 1. The van der Waals surface area contributed by atoms with Crippen LogP contribution in [0.3, 0.4) is 0 Å². The van der Waals surface area contributed by atoms with E-state index >= 15 is 0 Å². The molecule has 2 N–H and O–H groups in total. The van der Waals surface area contributed by atoms with Crippen LogP contribution < -0.4 is 10.1 Å². The van der Waals surface area contributed by atoms with Gasteiger partial charge in [-0.3, -0.25) is 0 Å². The molecule has 0 saturated carbocycles. The SMILES string of the molecule is CCN(CCO)C(=O)Nc1ccc(OC(C)(C)C)cc1. The smallest absolute Gasteiger partial charge is 0.321 e. The quantitative estimate of drug-likeness (QED) is 0.871. The second-order valence-corrected chi connectivity index (χ2v) is 5.47. The Bertz CT molecular complexity index is 424. The average Bonchev–Trinajstić information content (AvgIpc) is 2.36. The summed E-state index contributed by atoms with van der Waals surface area (Å²) in [6.45, 7) is 8.66. The summed E-state index contributed by atoms with van der Waals surface area (Å²) >= 11 is 0. The number of rotatable bonds is 5. The molecular formula is C15H24N2O3. The maximum absolute atomic E-state index is 11.9. The van der Waals surface area contributed by atoms with Gasteiger partial charge in [0.15, 0.2) is 0 Å². The molecule has 112 valence electrons. The normalized spacial score (nSPS) is 11.1. The van der Waals surface area contributed by atoms with E-state index in [1.54, 1.807) is 17.0 Å². The van der Waals surface area contributed by atoms with Crippen molar-refractivity contribution >= 4 is 11.7 Å². The Labute approximate surface area is 120 Å². The van der Waals surface area contributed by atoms with Gasteiger partial charge in [-0.1, -0.05) is 0 Å². The largest absolute Gasteiger partial charge is 0.488 e. The molecule has 0 atom stereocenters. The van der Waals surface area contributed by atoms with Crippen LogP contribution in [0.4, 0.5) is 10.5 Å².